The Hall–Kier alpha value is -4.11. The van der Waals surface area contributed by atoms with Crippen LogP contribution in [-0.4, -0.2) is 17.9 Å². The second-order valence-electron chi connectivity index (χ2n) is 7.19. The number of fused-ring (bicyclic) bond motifs is 2. The van der Waals surface area contributed by atoms with Crippen LogP contribution in [0, 0.1) is 11.3 Å². The van der Waals surface area contributed by atoms with Crippen LogP contribution >= 0.6 is 0 Å². The number of nitrogens with zero attached hydrogens (tertiary/aromatic N) is 2. The Morgan fingerprint density at radius 1 is 1.03 bits per heavy atom. The van der Waals surface area contributed by atoms with E-state index in [9.17, 15) is 9.59 Å². The van der Waals surface area contributed by atoms with Gasteiger partial charge in [0, 0.05) is 17.3 Å². The second-order valence-corrected chi connectivity index (χ2v) is 7.19. The van der Waals surface area contributed by atoms with E-state index in [1.165, 1.54) is 0 Å². The first-order valence-electron chi connectivity index (χ1n) is 9.54. The minimum atomic E-state index is -0.306. The molecule has 0 fully saturated rings. The highest BCUT2D eigenvalue weighted by Crippen LogP contribution is 2.41. The van der Waals surface area contributed by atoms with E-state index in [0.717, 1.165) is 0 Å². The van der Waals surface area contributed by atoms with Crippen molar-refractivity contribution in [2.24, 2.45) is 0 Å². The van der Waals surface area contributed by atoms with Gasteiger partial charge in [-0.25, -0.2) is 0 Å². The Balaban J connectivity index is 1.69. The lowest BCUT2D eigenvalue weighted by Gasteiger charge is -2.26. The molecule has 1 aliphatic rings. The second kappa shape index (κ2) is 7.72. The number of hydrogen-bond donors (Lipinski definition) is 1. The number of benzene rings is 3. The van der Waals surface area contributed by atoms with Gasteiger partial charge in [-0.15, -0.1) is 0 Å². The number of nitrogens with one attached hydrogen (secondary N) is 1. The zero-order valence-electron chi connectivity index (χ0n) is 16.5. The topological polar surface area (TPSA) is 82.4 Å². The van der Waals surface area contributed by atoms with E-state index in [-0.39, 0.29) is 17.9 Å². The van der Waals surface area contributed by atoms with Crippen LogP contribution in [0.2, 0.25) is 0 Å². The van der Waals surface area contributed by atoms with Crippen LogP contribution in [0.3, 0.4) is 0 Å². The first kappa shape index (κ1) is 19.2. The molecule has 0 bridgehead atoms. The summed E-state index contributed by atoms with van der Waals surface area (Å²) in [6, 6.07) is 20.6. The maximum absolute atomic E-state index is 13.2. The molecule has 4 rings (SSSR count). The molecular weight excluding hydrogens is 378 g/mol. The van der Waals surface area contributed by atoms with Gasteiger partial charge >= 0.3 is 0 Å². The van der Waals surface area contributed by atoms with Gasteiger partial charge in [0.15, 0.2) is 5.75 Å². The van der Waals surface area contributed by atoms with Crippen molar-refractivity contribution in [1.29, 1.82) is 5.26 Å². The molecule has 1 N–H and O–H groups in total. The van der Waals surface area contributed by atoms with Gasteiger partial charge in [0.1, 0.15) is 5.75 Å². The molecule has 6 nitrogen and oxygen atoms in total. The van der Waals surface area contributed by atoms with Crippen molar-refractivity contribution in [2.45, 2.75) is 19.9 Å². The summed E-state index contributed by atoms with van der Waals surface area (Å²) < 4.78 is 6.02. The van der Waals surface area contributed by atoms with Gasteiger partial charge in [0.25, 0.3) is 11.8 Å². The lowest BCUT2D eigenvalue weighted by Crippen LogP contribution is -2.36. The minimum Gasteiger partial charge on any atom is -0.454 e. The van der Waals surface area contributed by atoms with Crippen molar-refractivity contribution in [3.63, 3.8) is 0 Å². The molecule has 6 heteroatoms. The van der Waals surface area contributed by atoms with E-state index in [1.807, 2.05) is 26.0 Å². The van der Waals surface area contributed by atoms with E-state index in [1.54, 1.807) is 65.6 Å². The van der Waals surface area contributed by atoms with Crippen LogP contribution < -0.4 is 15.0 Å². The van der Waals surface area contributed by atoms with Crippen LogP contribution in [0.5, 0.6) is 11.5 Å². The van der Waals surface area contributed by atoms with Crippen LogP contribution in [-0.2, 0) is 0 Å². The van der Waals surface area contributed by atoms with Gasteiger partial charge < -0.3 is 15.0 Å². The smallest absolute Gasteiger partial charge is 0.262 e. The summed E-state index contributed by atoms with van der Waals surface area (Å²) in [5.74, 6) is 0.578. The third kappa shape index (κ3) is 3.49. The van der Waals surface area contributed by atoms with Gasteiger partial charge in [0.2, 0.25) is 0 Å². The molecule has 2 amide bonds. The maximum atomic E-state index is 13.2. The average Bonchev–Trinajstić information content (AvgIpc) is 2.87. The third-order valence-electron chi connectivity index (χ3n) is 4.83. The monoisotopic (exact) mass is 397 g/mol. The molecule has 30 heavy (non-hydrogen) atoms. The molecule has 0 aromatic heterocycles. The lowest BCUT2D eigenvalue weighted by atomic mass is 10.1. The number of carbonyl (C=O) groups excluding carboxylic acids is 2. The van der Waals surface area contributed by atoms with E-state index in [2.05, 4.69) is 5.32 Å². The molecule has 3 aromatic carbocycles. The number of rotatable bonds is 3. The van der Waals surface area contributed by atoms with Crippen LogP contribution in [0.25, 0.3) is 0 Å². The van der Waals surface area contributed by atoms with Gasteiger partial charge in [-0.05, 0) is 68.4 Å². The van der Waals surface area contributed by atoms with Crippen LogP contribution in [0.1, 0.15) is 40.1 Å². The van der Waals surface area contributed by atoms with Crippen molar-refractivity contribution >= 4 is 23.2 Å². The minimum absolute atomic E-state index is 0.115. The number of anilines is 2. The Morgan fingerprint density at radius 3 is 2.47 bits per heavy atom. The quantitative estimate of drug-likeness (QED) is 0.676. The largest absolute Gasteiger partial charge is 0.454 e. The van der Waals surface area contributed by atoms with Gasteiger partial charge in [0.05, 0.1) is 22.9 Å². The highest BCUT2D eigenvalue weighted by Gasteiger charge is 2.30. The fourth-order valence-corrected chi connectivity index (χ4v) is 3.37. The highest BCUT2D eigenvalue weighted by molar-refractivity contribution is 6.11. The summed E-state index contributed by atoms with van der Waals surface area (Å²) in [6.07, 6.45) is 0. The zero-order valence-corrected chi connectivity index (χ0v) is 16.5. The summed E-state index contributed by atoms with van der Waals surface area (Å²) >= 11 is 0. The standard InChI is InChI=1S/C24H19N3O3/c1-15(2)27-20-13-18(26-23(28)17-9-7-16(14-25)8-10-17)11-12-22(20)30-21-6-4-3-5-19(21)24(27)29/h3-13,15H,1-2H3,(H,26,28). The highest BCUT2D eigenvalue weighted by atomic mass is 16.5. The Bertz CT molecular complexity index is 1180. The zero-order chi connectivity index (χ0) is 21.3. The summed E-state index contributed by atoms with van der Waals surface area (Å²) in [5, 5.41) is 11.7. The average molecular weight is 397 g/mol. The van der Waals surface area contributed by atoms with Crippen molar-refractivity contribution in [1.82, 2.24) is 0 Å². The molecule has 1 heterocycles. The van der Waals surface area contributed by atoms with Crippen LogP contribution in [0.15, 0.2) is 66.7 Å². The summed E-state index contributed by atoms with van der Waals surface area (Å²) in [7, 11) is 0. The van der Waals surface area contributed by atoms with E-state index in [4.69, 9.17) is 10.00 Å². The van der Waals surface area contributed by atoms with Crippen LogP contribution in [0.4, 0.5) is 11.4 Å². The fraction of sp³-hybridized carbons (Fsp3) is 0.125. The normalized spacial score (nSPS) is 12.3. The predicted molar refractivity (Wildman–Crippen MR) is 114 cm³/mol. The first-order valence-corrected chi connectivity index (χ1v) is 9.54. The summed E-state index contributed by atoms with van der Waals surface area (Å²) in [5.41, 5.74) is 2.54. The lowest BCUT2D eigenvalue weighted by molar-refractivity contribution is 0.0979. The summed E-state index contributed by atoms with van der Waals surface area (Å²) in [4.78, 5) is 27.5. The molecule has 0 saturated carbocycles. The Morgan fingerprint density at radius 2 is 1.77 bits per heavy atom. The van der Waals surface area contributed by atoms with E-state index in [0.29, 0.717) is 39.6 Å². The van der Waals surface area contributed by atoms with Crippen molar-refractivity contribution < 1.29 is 14.3 Å². The molecule has 148 valence electrons. The number of para-hydroxylation sites is 1. The van der Waals surface area contributed by atoms with E-state index >= 15 is 0 Å². The molecule has 0 saturated heterocycles. The SMILES string of the molecule is CC(C)N1C(=O)c2ccccc2Oc2ccc(NC(=O)c3ccc(C#N)cc3)cc21. The number of nitriles is 1. The third-order valence-corrected chi connectivity index (χ3v) is 4.83. The Labute approximate surface area is 174 Å². The Kier molecular flexibility index (Phi) is 4.95. The fourth-order valence-electron chi connectivity index (χ4n) is 3.37. The van der Waals surface area contributed by atoms with Gasteiger partial charge in [-0.1, -0.05) is 12.1 Å². The molecule has 0 radical (unpaired) electrons. The molecule has 0 spiro atoms. The number of amides is 2. The van der Waals surface area contributed by atoms with Crippen molar-refractivity contribution in [2.75, 3.05) is 10.2 Å². The van der Waals surface area contributed by atoms with Crippen molar-refractivity contribution in [3.05, 3.63) is 83.4 Å². The molecule has 0 atom stereocenters. The number of hydrogen-bond acceptors (Lipinski definition) is 4. The van der Waals surface area contributed by atoms with Gasteiger partial charge in [-0.2, -0.15) is 5.26 Å². The number of ether oxygens (including phenoxy) is 1. The molecule has 1 aliphatic heterocycles. The van der Waals surface area contributed by atoms with E-state index < -0.39 is 0 Å². The van der Waals surface area contributed by atoms with Gasteiger partial charge in [-0.3, -0.25) is 9.59 Å². The molecule has 0 aliphatic carbocycles. The number of carbonyl (C=O) groups is 2. The maximum Gasteiger partial charge on any atom is 0.262 e. The molecule has 3 aromatic rings. The summed E-state index contributed by atoms with van der Waals surface area (Å²) in [6.45, 7) is 3.86. The molecule has 0 unspecified atom stereocenters. The first-order chi connectivity index (χ1) is 14.5. The van der Waals surface area contributed by atoms with Crippen molar-refractivity contribution in [3.8, 4) is 17.6 Å². The predicted octanol–water partition coefficient (Wildman–Crippen LogP) is 4.97. The molecular formula is C24H19N3O3.